The Morgan fingerprint density at radius 2 is 2.25 bits per heavy atom. The van der Waals surface area contributed by atoms with Crippen molar-refractivity contribution in [2.24, 2.45) is 0 Å². The highest BCUT2D eigenvalue weighted by Crippen LogP contribution is 2.12. The lowest BCUT2D eigenvalue weighted by Crippen LogP contribution is -2.36. The topological polar surface area (TPSA) is 15.3 Å². The summed E-state index contributed by atoms with van der Waals surface area (Å²) in [7, 11) is 1.98. The van der Waals surface area contributed by atoms with Gasteiger partial charge in [0.25, 0.3) is 0 Å². The summed E-state index contributed by atoms with van der Waals surface area (Å²) in [5.41, 5.74) is 1.16. The second kappa shape index (κ2) is 6.71. The van der Waals surface area contributed by atoms with Crippen molar-refractivity contribution in [3.63, 3.8) is 0 Å². The molecule has 88 valence electrons. The third-order valence-corrected chi connectivity index (χ3v) is 2.87. The first-order valence-electron chi connectivity index (χ1n) is 5.37. The van der Waals surface area contributed by atoms with Gasteiger partial charge < -0.3 is 10.2 Å². The number of hydrogen-bond donors (Lipinski definition) is 1. The van der Waals surface area contributed by atoms with Gasteiger partial charge in [0, 0.05) is 25.2 Å². The molecule has 0 spiro atoms. The molecule has 0 radical (unpaired) electrons. The average molecular weight is 257 g/mol. The quantitative estimate of drug-likeness (QED) is 0.834. The van der Waals surface area contributed by atoms with Crippen LogP contribution in [-0.2, 0) is 6.54 Å². The molecule has 0 heterocycles. The highest BCUT2D eigenvalue weighted by Gasteiger charge is 2.04. The molecule has 1 aromatic rings. The van der Waals surface area contributed by atoms with Gasteiger partial charge in [-0.1, -0.05) is 30.7 Å². The summed E-state index contributed by atoms with van der Waals surface area (Å²) in [4.78, 5) is 2.01. The summed E-state index contributed by atoms with van der Waals surface area (Å²) < 4.78 is 0. The minimum absolute atomic E-state index is 0.762. The van der Waals surface area contributed by atoms with Crippen LogP contribution in [0.1, 0.15) is 18.9 Å². The standard InChI is InChI=1S/C12H17ClN2S/c1-3-7-14-12(16)15(2)9-10-5-4-6-11(13)8-10/h4-6,8H,3,7,9H2,1-2H3,(H,14,16). The molecule has 2 nitrogen and oxygen atoms in total. The summed E-state index contributed by atoms with van der Waals surface area (Å²) in [6, 6.07) is 7.83. The lowest BCUT2D eigenvalue weighted by atomic mass is 10.2. The molecule has 0 aromatic heterocycles. The third kappa shape index (κ3) is 4.37. The molecule has 0 saturated heterocycles. The Bertz CT molecular complexity index is 355. The van der Waals surface area contributed by atoms with Gasteiger partial charge >= 0.3 is 0 Å². The van der Waals surface area contributed by atoms with Crippen molar-refractivity contribution in [3.8, 4) is 0 Å². The maximum Gasteiger partial charge on any atom is 0.168 e. The molecule has 0 aliphatic heterocycles. The van der Waals surface area contributed by atoms with Crippen LogP contribution >= 0.6 is 23.8 Å². The van der Waals surface area contributed by atoms with E-state index < -0.39 is 0 Å². The summed E-state index contributed by atoms with van der Waals surface area (Å²) in [6.07, 6.45) is 1.07. The van der Waals surface area contributed by atoms with Crippen molar-refractivity contribution in [2.45, 2.75) is 19.9 Å². The Balaban J connectivity index is 2.50. The maximum absolute atomic E-state index is 5.92. The molecular weight excluding hydrogens is 240 g/mol. The van der Waals surface area contributed by atoms with Crippen LogP contribution in [0.5, 0.6) is 0 Å². The van der Waals surface area contributed by atoms with Crippen LogP contribution in [0.3, 0.4) is 0 Å². The predicted octanol–water partition coefficient (Wildman–Crippen LogP) is 3.06. The number of nitrogens with zero attached hydrogens (tertiary/aromatic N) is 1. The van der Waals surface area contributed by atoms with Gasteiger partial charge in [-0.2, -0.15) is 0 Å². The number of benzene rings is 1. The van der Waals surface area contributed by atoms with Gasteiger partial charge in [0.2, 0.25) is 0 Å². The fourth-order valence-electron chi connectivity index (χ4n) is 1.35. The Labute approximate surface area is 108 Å². The predicted molar refractivity (Wildman–Crippen MR) is 73.8 cm³/mol. The van der Waals surface area contributed by atoms with Crippen molar-refractivity contribution in [2.75, 3.05) is 13.6 Å². The monoisotopic (exact) mass is 256 g/mol. The Kier molecular flexibility index (Phi) is 5.56. The van der Waals surface area contributed by atoms with Gasteiger partial charge in [-0.15, -0.1) is 0 Å². The third-order valence-electron chi connectivity index (χ3n) is 2.18. The Morgan fingerprint density at radius 1 is 1.50 bits per heavy atom. The first-order valence-corrected chi connectivity index (χ1v) is 6.15. The average Bonchev–Trinajstić information content (AvgIpc) is 2.25. The molecule has 0 saturated carbocycles. The van der Waals surface area contributed by atoms with Crippen LogP contribution in [0.15, 0.2) is 24.3 Å². The SMILES string of the molecule is CCCNC(=S)N(C)Cc1cccc(Cl)c1. The van der Waals surface area contributed by atoms with Gasteiger partial charge in [-0.05, 0) is 36.3 Å². The molecule has 0 atom stereocenters. The normalized spacial score (nSPS) is 9.94. The summed E-state index contributed by atoms with van der Waals surface area (Å²) in [5, 5.41) is 4.73. The molecule has 0 aliphatic carbocycles. The van der Waals surface area contributed by atoms with Crippen LogP contribution in [0.4, 0.5) is 0 Å². The van der Waals surface area contributed by atoms with Crippen LogP contribution in [-0.4, -0.2) is 23.6 Å². The van der Waals surface area contributed by atoms with Crippen molar-refractivity contribution in [1.29, 1.82) is 0 Å². The molecule has 16 heavy (non-hydrogen) atoms. The molecule has 0 bridgehead atoms. The fourth-order valence-corrected chi connectivity index (χ4v) is 1.73. The largest absolute Gasteiger partial charge is 0.363 e. The number of thiocarbonyl (C=S) groups is 1. The van der Waals surface area contributed by atoms with Crippen LogP contribution in [0, 0.1) is 0 Å². The molecule has 0 fully saturated rings. The molecule has 4 heteroatoms. The van der Waals surface area contributed by atoms with Crippen molar-refractivity contribution in [3.05, 3.63) is 34.9 Å². The smallest absolute Gasteiger partial charge is 0.168 e. The molecule has 1 aromatic carbocycles. The van der Waals surface area contributed by atoms with Gasteiger partial charge in [0.05, 0.1) is 0 Å². The molecule has 0 aliphatic rings. The van der Waals surface area contributed by atoms with Crippen LogP contribution < -0.4 is 5.32 Å². The summed E-state index contributed by atoms with van der Waals surface area (Å²) in [6.45, 7) is 3.81. The van der Waals surface area contributed by atoms with E-state index in [4.69, 9.17) is 23.8 Å². The lowest BCUT2D eigenvalue weighted by molar-refractivity contribution is 0.489. The second-order valence-corrected chi connectivity index (χ2v) is 4.54. The van der Waals surface area contributed by atoms with E-state index >= 15 is 0 Å². The van der Waals surface area contributed by atoms with E-state index in [0.29, 0.717) is 0 Å². The first kappa shape index (κ1) is 13.3. The van der Waals surface area contributed by atoms with Gasteiger partial charge in [0.15, 0.2) is 5.11 Å². The van der Waals surface area contributed by atoms with Gasteiger partial charge in [-0.25, -0.2) is 0 Å². The molecule has 0 amide bonds. The minimum atomic E-state index is 0.762. The molecule has 1 N–H and O–H groups in total. The Hall–Kier alpha value is -0.800. The van der Waals surface area contributed by atoms with E-state index in [0.717, 1.165) is 35.2 Å². The van der Waals surface area contributed by atoms with Crippen molar-refractivity contribution in [1.82, 2.24) is 10.2 Å². The van der Waals surface area contributed by atoms with Crippen molar-refractivity contribution >= 4 is 28.9 Å². The summed E-state index contributed by atoms with van der Waals surface area (Å²) in [5.74, 6) is 0. The fraction of sp³-hybridized carbons (Fsp3) is 0.417. The zero-order chi connectivity index (χ0) is 12.0. The second-order valence-electron chi connectivity index (χ2n) is 3.72. The highest BCUT2D eigenvalue weighted by atomic mass is 35.5. The molecule has 1 rings (SSSR count). The van der Waals surface area contributed by atoms with Crippen molar-refractivity contribution < 1.29 is 0 Å². The van der Waals surface area contributed by atoms with E-state index in [1.807, 2.05) is 36.2 Å². The number of rotatable bonds is 4. The van der Waals surface area contributed by atoms with E-state index in [1.165, 1.54) is 0 Å². The molecule has 0 unspecified atom stereocenters. The maximum atomic E-state index is 5.92. The van der Waals surface area contributed by atoms with E-state index in [9.17, 15) is 0 Å². The van der Waals surface area contributed by atoms with E-state index in [-0.39, 0.29) is 0 Å². The zero-order valence-corrected chi connectivity index (χ0v) is 11.2. The van der Waals surface area contributed by atoms with Crippen LogP contribution in [0.2, 0.25) is 5.02 Å². The number of halogens is 1. The summed E-state index contributed by atoms with van der Waals surface area (Å²) >= 11 is 11.2. The highest BCUT2D eigenvalue weighted by molar-refractivity contribution is 7.80. The minimum Gasteiger partial charge on any atom is -0.363 e. The van der Waals surface area contributed by atoms with E-state index in [2.05, 4.69) is 12.2 Å². The Morgan fingerprint density at radius 3 is 2.88 bits per heavy atom. The molecular formula is C12H17ClN2S. The number of nitrogens with one attached hydrogen (secondary N) is 1. The number of hydrogen-bond acceptors (Lipinski definition) is 1. The van der Waals surface area contributed by atoms with Crippen LogP contribution in [0.25, 0.3) is 0 Å². The van der Waals surface area contributed by atoms with E-state index in [1.54, 1.807) is 0 Å². The van der Waals surface area contributed by atoms with Gasteiger partial charge in [0.1, 0.15) is 0 Å². The van der Waals surface area contributed by atoms with Gasteiger partial charge in [-0.3, -0.25) is 0 Å². The zero-order valence-electron chi connectivity index (χ0n) is 9.66. The lowest BCUT2D eigenvalue weighted by Gasteiger charge is -2.21. The first-order chi connectivity index (χ1) is 7.63.